The molecular weight excluding hydrogens is 560 g/mol. The maximum absolute atomic E-state index is 14.7. The molecule has 1 saturated carbocycles. The topological polar surface area (TPSA) is 79.6 Å². The molecule has 2 fully saturated rings. The van der Waals surface area contributed by atoms with Gasteiger partial charge in [0.25, 0.3) is 5.91 Å². The van der Waals surface area contributed by atoms with Crippen molar-refractivity contribution in [1.82, 2.24) is 10.2 Å². The van der Waals surface area contributed by atoms with Crippen LogP contribution in [0.25, 0.3) is 0 Å². The fraction of sp³-hybridized carbons (Fsp3) is 0.458. The lowest BCUT2D eigenvalue weighted by atomic mass is 9.92. The van der Waals surface area contributed by atoms with Gasteiger partial charge in [0.05, 0.1) is 30.0 Å². The quantitative estimate of drug-likeness (QED) is 0.245. The molecule has 184 valence electrons. The van der Waals surface area contributed by atoms with E-state index in [0.717, 1.165) is 18.9 Å². The van der Waals surface area contributed by atoms with E-state index in [9.17, 15) is 18.0 Å². The molecule has 1 saturated heterocycles. The number of carbonyl (C=O) groups excluding carboxylic acids is 1. The third kappa shape index (κ3) is 5.50. The zero-order valence-corrected chi connectivity index (χ0v) is 20.8. The van der Waals surface area contributed by atoms with Gasteiger partial charge in [-0.25, -0.2) is 19.1 Å². The van der Waals surface area contributed by atoms with Crippen molar-refractivity contribution in [2.45, 2.75) is 50.2 Å². The first-order chi connectivity index (χ1) is 16.3. The van der Waals surface area contributed by atoms with E-state index in [1.54, 1.807) is 6.07 Å². The molecule has 10 heteroatoms. The minimum atomic E-state index is -1.25. The number of nitrogens with zero attached hydrogens (tertiary/aromatic N) is 1. The predicted octanol–water partition coefficient (Wildman–Crippen LogP) is 4.85. The molecule has 2 aromatic carbocycles. The van der Waals surface area contributed by atoms with Gasteiger partial charge in [-0.05, 0) is 65.8 Å². The van der Waals surface area contributed by atoms with Crippen LogP contribution in [-0.4, -0.2) is 42.1 Å². The predicted molar refractivity (Wildman–Crippen MR) is 132 cm³/mol. The molecule has 0 unspecified atom stereocenters. The summed E-state index contributed by atoms with van der Waals surface area (Å²) in [4.78, 5) is 19.9. The molecule has 1 aliphatic heterocycles. The smallest absolute Gasteiger partial charge is 0.256 e. The molecule has 0 radical (unpaired) electrons. The van der Waals surface area contributed by atoms with Crippen molar-refractivity contribution in [2.24, 2.45) is 5.90 Å². The highest BCUT2D eigenvalue weighted by atomic mass is 127. The summed E-state index contributed by atoms with van der Waals surface area (Å²) >= 11 is 1.94. The van der Waals surface area contributed by atoms with Crippen LogP contribution >= 0.6 is 22.6 Å². The third-order valence-electron chi connectivity index (χ3n) is 6.58. The van der Waals surface area contributed by atoms with Gasteiger partial charge in [-0.3, -0.25) is 9.63 Å². The zero-order chi connectivity index (χ0) is 24.3. The SMILES string of the molecule is NOC1(CNC2CCCCCC2)CN(C(=O)c2ccc(F)c(F)c2Nc2ccc(I)cc2F)C1. The average molecular weight is 588 g/mol. The van der Waals surface area contributed by atoms with Gasteiger partial charge in [0.1, 0.15) is 11.4 Å². The Balaban J connectivity index is 1.47. The van der Waals surface area contributed by atoms with Gasteiger partial charge >= 0.3 is 0 Å². The number of anilines is 2. The van der Waals surface area contributed by atoms with E-state index < -0.39 is 34.6 Å². The number of amides is 1. The first-order valence-electron chi connectivity index (χ1n) is 11.4. The van der Waals surface area contributed by atoms with E-state index in [1.807, 2.05) is 22.6 Å². The molecule has 1 heterocycles. The Morgan fingerprint density at radius 3 is 2.44 bits per heavy atom. The number of nitrogens with two attached hydrogens (primary N) is 1. The molecule has 1 amide bonds. The summed E-state index contributed by atoms with van der Waals surface area (Å²) in [5.41, 5.74) is -1.31. The Hall–Kier alpha value is -1.89. The molecule has 0 aromatic heterocycles. The Kier molecular flexibility index (Phi) is 8.01. The van der Waals surface area contributed by atoms with Gasteiger partial charge in [-0.1, -0.05) is 25.7 Å². The average Bonchev–Trinajstić information content (AvgIpc) is 3.07. The maximum Gasteiger partial charge on any atom is 0.256 e. The van der Waals surface area contributed by atoms with E-state index in [0.29, 0.717) is 16.2 Å². The summed E-state index contributed by atoms with van der Waals surface area (Å²) in [7, 11) is 0. The van der Waals surface area contributed by atoms with Crippen molar-refractivity contribution >= 4 is 39.9 Å². The Bertz CT molecular complexity index is 1040. The van der Waals surface area contributed by atoms with Crippen LogP contribution in [0.1, 0.15) is 48.9 Å². The fourth-order valence-corrected chi connectivity index (χ4v) is 5.03. The summed E-state index contributed by atoms with van der Waals surface area (Å²) in [6.45, 7) is 0.908. The summed E-state index contributed by atoms with van der Waals surface area (Å²) in [6.07, 6.45) is 7.06. The van der Waals surface area contributed by atoms with Crippen LogP contribution < -0.4 is 16.5 Å². The van der Waals surface area contributed by atoms with Gasteiger partial charge in [0, 0.05) is 16.2 Å². The van der Waals surface area contributed by atoms with Gasteiger partial charge in [-0.15, -0.1) is 0 Å². The standard InChI is InChI=1S/C24H28F3IN4O2/c25-18-9-8-17(22(21(18)27)31-20-10-7-15(28)11-19(20)26)23(33)32-13-24(14-32,34-29)12-30-16-5-3-1-2-4-6-16/h7-11,16,30-31H,1-6,12-14,29H2. The van der Waals surface area contributed by atoms with Gasteiger partial charge in [0.15, 0.2) is 11.6 Å². The van der Waals surface area contributed by atoms with Crippen LogP contribution in [0.5, 0.6) is 0 Å². The van der Waals surface area contributed by atoms with Crippen molar-refractivity contribution in [3.8, 4) is 0 Å². The third-order valence-corrected chi connectivity index (χ3v) is 7.25. The highest BCUT2D eigenvalue weighted by Crippen LogP contribution is 2.32. The zero-order valence-electron chi connectivity index (χ0n) is 18.7. The lowest BCUT2D eigenvalue weighted by Crippen LogP contribution is -2.69. The summed E-state index contributed by atoms with van der Waals surface area (Å²) in [5.74, 6) is 2.03. The highest BCUT2D eigenvalue weighted by Gasteiger charge is 2.47. The van der Waals surface area contributed by atoms with E-state index in [-0.39, 0.29) is 24.3 Å². The number of benzene rings is 2. The van der Waals surface area contributed by atoms with Crippen molar-refractivity contribution < 1.29 is 22.8 Å². The summed E-state index contributed by atoms with van der Waals surface area (Å²) < 4.78 is 43.7. The molecule has 34 heavy (non-hydrogen) atoms. The second kappa shape index (κ2) is 10.8. The van der Waals surface area contributed by atoms with Crippen LogP contribution in [-0.2, 0) is 4.84 Å². The van der Waals surface area contributed by atoms with Crippen LogP contribution in [0.4, 0.5) is 24.5 Å². The number of likely N-dealkylation sites (tertiary alicyclic amines) is 1. The van der Waals surface area contributed by atoms with E-state index in [1.165, 1.54) is 48.8 Å². The van der Waals surface area contributed by atoms with Crippen LogP contribution in [0.15, 0.2) is 30.3 Å². The number of carbonyl (C=O) groups is 1. The lowest BCUT2D eigenvalue weighted by molar-refractivity contribution is -0.131. The molecule has 4 N–H and O–H groups in total. The molecule has 0 spiro atoms. The normalized spacial score (nSPS) is 18.3. The monoisotopic (exact) mass is 588 g/mol. The molecule has 2 aromatic rings. The van der Waals surface area contributed by atoms with Crippen molar-refractivity contribution in [2.75, 3.05) is 25.0 Å². The molecule has 0 atom stereocenters. The molecular formula is C24H28F3IN4O2. The maximum atomic E-state index is 14.7. The van der Waals surface area contributed by atoms with Crippen LogP contribution in [0.2, 0.25) is 0 Å². The first kappa shape index (κ1) is 25.2. The fourth-order valence-electron chi connectivity index (χ4n) is 4.58. The van der Waals surface area contributed by atoms with E-state index >= 15 is 0 Å². The van der Waals surface area contributed by atoms with Gasteiger partial charge in [-0.2, -0.15) is 0 Å². The van der Waals surface area contributed by atoms with Crippen molar-refractivity contribution in [1.29, 1.82) is 0 Å². The largest absolute Gasteiger partial charge is 0.350 e. The summed E-state index contributed by atoms with van der Waals surface area (Å²) in [5, 5.41) is 6.08. The number of nitrogens with one attached hydrogen (secondary N) is 2. The Morgan fingerprint density at radius 2 is 1.79 bits per heavy atom. The number of hydrogen-bond donors (Lipinski definition) is 3. The first-order valence-corrected chi connectivity index (χ1v) is 12.5. The van der Waals surface area contributed by atoms with Crippen molar-refractivity contribution in [3.63, 3.8) is 0 Å². The number of halogens is 4. The lowest BCUT2D eigenvalue weighted by Gasteiger charge is -2.48. The molecule has 4 rings (SSSR count). The molecule has 0 bridgehead atoms. The minimum absolute atomic E-state index is 0.0604. The number of hydrogen-bond acceptors (Lipinski definition) is 5. The van der Waals surface area contributed by atoms with Crippen molar-refractivity contribution in [3.05, 3.63) is 56.9 Å². The van der Waals surface area contributed by atoms with E-state index in [4.69, 9.17) is 10.7 Å². The second-order valence-corrected chi connectivity index (χ2v) is 10.3. The molecule has 1 aliphatic carbocycles. The Morgan fingerprint density at radius 1 is 1.09 bits per heavy atom. The Labute approximate surface area is 210 Å². The summed E-state index contributed by atoms with van der Waals surface area (Å²) in [6, 6.07) is 6.76. The van der Waals surface area contributed by atoms with Gasteiger partial charge in [0.2, 0.25) is 0 Å². The second-order valence-electron chi connectivity index (χ2n) is 9.06. The van der Waals surface area contributed by atoms with Crippen LogP contribution in [0, 0.1) is 21.0 Å². The van der Waals surface area contributed by atoms with Crippen LogP contribution in [0.3, 0.4) is 0 Å². The molecule has 6 nitrogen and oxygen atoms in total. The minimum Gasteiger partial charge on any atom is -0.350 e. The highest BCUT2D eigenvalue weighted by molar-refractivity contribution is 14.1. The van der Waals surface area contributed by atoms with Gasteiger partial charge < -0.3 is 15.5 Å². The molecule has 2 aliphatic rings. The number of rotatable bonds is 7. The van der Waals surface area contributed by atoms with E-state index in [2.05, 4.69) is 10.6 Å².